The van der Waals surface area contributed by atoms with Gasteiger partial charge in [-0.15, -0.1) is 6.42 Å². The molecule has 5 heteroatoms. The number of amides is 1. The van der Waals surface area contributed by atoms with Crippen molar-refractivity contribution in [2.75, 3.05) is 19.5 Å². The SMILES string of the molecule is C#Cc1c2ccccc2nc2c(OC)cc(NC(C)=O)c(OC)c12. The van der Waals surface area contributed by atoms with Gasteiger partial charge in [-0.25, -0.2) is 4.98 Å². The third-order valence-electron chi connectivity index (χ3n) is 3.75. The van der Waals surface area contributed by atoms with Gasteiger partial charge in [0.1, 0.15) is 11.3 Å². The molecule has 0 unspecified atom stereocenters. The first-order valence-corrected chi connectivity index (χ1v) is 7.32. The summed E-state index contributed by atoms with van der Waals surface area (Å²) in [6.45, 7) is 1.43. The highest BCUT2D eigenvalue weighted by Crippen LogP contribution is 2.42. The third-order valence-corrected chi connectivity index (χ3v) is 3.75. The number of hydrogen-bond donors (Lipinski definition) is 1. The Bertz CT molecular complexity index is 1000. The normalized spacial score (nSPS) is 10.4. The lowest BCUT2D eigenvalue weighted by Gasteiger charge is -2.17. The quantitative estimate of drug-likeness (QED) is 0.594. The summed E-state index contributed by atoms with van der Waals surface area (Å²) >= 11 is 0. The summed E-state index contributed by atoms with van der Waals surface area (Å²) in [6.07, 6.45) is 5.79. The number of benzene rings is 2. The molecule has 120 valence electrons. The zero-order valence-corrected chi connectivity index (χ0v) is 13.6. The van der Waals surface area contributed by atoms with E-state index in [0.717, 1.165) is 10.9 Å². The van der Waals surface area contributed by atoms with E-state index < -0.39 is 0 Å². The number of ether oxygens (including phenoxy) is 2. The minimum Gasteiger partial charge on any atom is -0.494 e. The van der Waals surface area contributed by atoms with Gasteiger partial charge >= 0.3 is 0 Å². The highest BCUT2D eigenvalue weighted by Gasteiger charge is 2.20. The molecule has 3 aromatic rings. The molecule has 1 amide bonds. The minimum atomic E-state index is -0.217. The molecule has 0 atom stereocenters. The summed E-state index contributed by atoms with van der Waals surface area (Å²) in [6, 6.07) is 9.29. The molecule has 0 aliphatic heterocycles. The van der Waals surface area contributed by atoms with Gasteiger partial charge in [-0.1, -0.05) is 24.1 Å². The van der Waals surface area contributed by atoms with Gasteiger partial charge in [0.2, 0.25) is 5.91 Å². The number of carbonyl (C=O) groups is 1. The van der Waals surface area contributed by atoms with Crippen LogP contribution in [-0.4, -0.2) is 25.1 Å². The molecule has 1 aromatic heterocycles. The first kappa shape index (κ1) is 15.6. The van der Waals surface area contributed by atoms with Crippen LogP contribution in [0.1, 0.15) is 12.5 Å². The van der Waals surface area contributed by atoms with Crippen LogP contribution in [0.15, 0.2) is 30.3 Å². The van der Waals surface area contributed by atoms with Crippen molar-refractivity contribution in [3.8, 4) is 23.8 Å². The van der Waals surface area contributed by atoms with Crippen LogP contribution in [0, 0.1) is 12.3 Å². The molecule has 1 N–H and O–H groups in total. The Morgan fingerprint density at radius 3 is 2.62 bits per heavy atom. The van der Waals surface area contributed by atoms with Crippen LogP contribution in [0.2, 0.25) is 0 Å². The summed E-state index contributed by atoms with van der Waals surface area (Å²) in [5.74, 6) is 3.49. The van der Waals surface area contributed by atoms with Gasteiger partial charge in [-0.05, 0) is 6.07 Å². The van der Waals surface area contributed by atoms with Gasteiger partial charge in [-0.3, -0.25) is 4.79 Å². The van der Waals surface area contributed by atoms with E-state index in [1.165, 1.54) is 14.0 Å². The van der Waals surface area contributed by atoms with E-state index in [0.29, 0.717) is 33.7 Å². The number of fused-ring (bicyclic) bond motifs is 2. The van der Waals surface area contributed by atoms with Gasteiger partial charge < -0.3 is 14.8 Å². The minimum absolute atomic E-state index is 0.217. The predicted octanol–water partition coefficient (Wildman–Crippen LogP) is 3.34. The Kier molecular flexibility index (Phi) is 3.97. The molecule has 0 bridgehead atoms. The van der Waals surface area contributed by atoms with Crippen molar-refractivity contribution in [2.45, 2.75) is 6.92 Å². The number of hydrogen-bond acceptors (Lipinski definition) is 4. The molecule has 0 radical (unpaired) electrons. The Morgan fingerprint density at radius 2 is 2.00 bits per heavy atom. The Balaban J connectivity index is 2.55. The molecule has 0 saturated heterocycles. The van der Waals surface area contributed by atoms with Crippen molar-refractivity contribution in [1.29, 1.82) is 0 Å². The molecule has 0 aliphatic carbocycles. The second-order valence-corrected chi connectivity index (χ2v) is 5.21. The van der Waals surface area contributed by atoms with E-state index in [1.54, 1.807) is 13.2 Å². The van der Waals surface area contributed by atoms with E-state index in [2.05, 4.69) is 16.2 Å². The number of terminal acetylenes is 1. The smallest absolute Gasteiger partial charge is 0.221 e. The summed E-state index contributed by atoms with van der Waals surface area (Å²) in [5.41, 5.74) is 2.50. The van der Waals surface area contributed by atoms with Crippen LogP contribution in [0.3, 0.4) is 0 Å². The summed E-state index contributed by atoms with van der Waals surface area (Å²) < 4.78 is 11.0. The molecule has 0 spiro atoms. The number of nitrogens with zero attached hydrogens (tertiary/aromatic N) is 1. The molecular weight excluding hydrogens is 304 g/mol. The first-order valence-electron chi connectivity index (χ1n) is 7.32. The number of pyridine rings is 1. The Hall–Kier alpha value is -3.26. The fourth-order valence-electron chi connectivity index (χ4n) is 2.81. The van der Waals surface area contributed by atoms with Crippen molar-refractivity contribution in [3.63, 3.8) is 0 Å². The number of carbonyl (C=O) groups excluding carboxylic acids is 1. The Labute approximate surface area is 139 Å². The van der Waals surface area contributed by atoms with E-state index in [9.17, 15) is 4.79 Å². The van der Waals surface area contributed by atoms with Crippen LogP contribution in [0.25, 0.3) is 21.8 Å². The first-order chi connectivity index (χ1) is 11.6. The number of rotatable bonds is 3. The largest absolute Gasteiger partial charge is 0.494 e. The van der Waals surface area contributed by atoms with Crippen LogP contribution in [0.5, 0.6) is 11.5 Å². The zero-order chi connectivity index (χ0) is 17.3. The number of methoxy groups -OCH3 is 2. The van der Waals surface area contributed by atoms with Crippen LogP contribution in [0.4, 0.5) is 5.69 Å². The highest BCUT2D eigenvalue weighted by molar-refractivity contribution is 6.09. The van der Waals surface area contributed by atoms with Crippen molar-refractivity contribution in [3.05, 3.63) is 35.9 Å². The maximum Gasteiger partial charge on any atom is 0.221 e. The molecule has 0 fully saturated rings. The van der Waals surface area contributed by atoms with Crippen molar-refractivity contribution in [1.82, 2.24) is 4.98 Å². The molecule has 2 aromatic carbocycles. The van der Waals surface area contributed by atoms with Crippen molar-refractivity contribution >= 4 is 33.4 Å². The molecule has 0 saturated carbocycles. The number of aromatic nitrogens is 1. The summed E-state index contributed by atoms with van der Waals surface area (Å²) in [4.78, 5) is 16.2. The molecule has 3 rings (SSSR count). The average Bonchev–Trinajstić information content (AvgIpc) is 2.58. The van der Waals surface area contributed by atoms with Crippen molar-refractivity contribution < 1.29 is 14.3 Å². The molecular formula is C19H16N2O3. The van der Waals surface area contributed by atoms with Gasteiger partial charge in [-0.2, -0.15) is 0 Å². The van der Waals surface area contributed by atoms with Crippen LogP contribution in [-0.2, 0) is 4.79 Å². The Morgan fingerprint density at radius 1 is 1.25 bits per heavy atom. The lowest BCUT2D eigenvalue weighted by molar-refractivity contribution is -0.114. The van der Waals surface area contributed by atoms with Gasteiger partial charge in [0.25, 0.3) is 0 Å². The number of anilines is 1. The monoisotopic (exact) mass is 320 g/mol. The standard InChI is InChI=1S/C19H16N2O3/c1-5-12-13-8-6-7-9-14(13)21-18-16(23-3)10-15(20-11(2)22)19(24-4)17(12)18/h1,6-10H,2-4H3,(H,20,22). The molecule has 24 heavy (non-hydrogen) atoms. The van der Waals surface area contributed by atoms with Crippen LogP contribution >= 0.6 is 0 Å². The molecule has 0 aliphatic rings. The molecule has 1 heterocycles. The predicted molar refractivity (Wildman–Crippen MR) is 94.6 cm³/mol. The maximum absolute atomic E-state index is 11.5. The average molecular weight is 320 g/mol. The maximum atomic E-state index is 11.5. The fourth-order valence-corrected chi connectivity index (χ4v) is 2.81. The van der Waals surface area contributed by atoms with Crippen LogP contribution < -0.4 is 14.8 Å². The van der Waals surface area contributed by atoms with Gasteiger partial charge in [0.15, 0.2) is 5.75 Å². The number of nitrogens with one attached hydrogen (secondary N) is 1. The summed E-state index contributed by atoms with van der Waals surface area (Å²) in [7, 11) is 3.08. The van der Waals surface area contributed by atoms with Crippen molar-refractivity contribution in [2.24, 2.45) is 0 Å². The summed E-state index contributed by atoms with van der Waals surface area (Å²) in [5, 5.41) is 4.23. The third kappa shape index (κ3) is 2.38. The zero-order valence-electron chi connectivity index (χ0n) is 13.6. The van der Waals surface area contributed by atoms with E-state index >= 15 is 0 Å². The number of para-hydroxylation sites is 1. The fraction of sp³-hybridized carbons (Fsp3) is 0.158. The highest BCUT2D eigenvalue weighted by atomic mass is 16.5. The van der Waals surface area contributed by atoms with Gasteiger partial charge in [0, 0.05) is 23.9 Å². The topological polar surface area (TPSA) is 60.5 Å². The lowest BCUT2D eigenvalue weighted by Crippen LogP contribution is -2.08. The van der Waals surface area contributed by atoms with E-state index in [4.69, 9.17) is 15.9 Å². The second-order valence-electron chi connectivity index (χ2n) is 5.21. The van der Waals surface area contributed by atoms with E-state index in [-0.39, 0.29) is 5.91 Å². The molecule has 5 nitrogen and oxygen atoms in total. The second kappa shape index (κ2) is 6.09. The van der Waals surface area contributed by atoms with Gasteiger partial charge in [0.05, 0.1) is 30.8 Å². The van der Waals surface area contributed by atoms with E-state index in [1.807, 2.05) is 24.3 Å². The lowest BCUT2D eigenvalue weighted by atomic mass is 10.0.